The molecule has 0 radical (unpaired) electrons. The standard InChI is InChI=1S/C21H28N4O2/c1-3-16-12-21(24-15(2)23-16)25-10-8-17(9-11-25)22-13-18-14-26-19-6-4-5-7-20(19)27-18/h4-7,12,17-18,22H,3,8-11,13-14H2,1-2H3. The summed E-state index contributed by atoms with van der Waals surface area (Å²) in [5.41, 5.74) is 1.12. The molecule has 4 rings (SSSR count). The molecule has 0 spiro atoms. The number of rotatable bonds is 5. The molecule has 2 aromatic rings. The smallest absolute Gasteiger partial charge is 0.161 e. The molecule has 1 fully saturated rings. The van der Waals surface area contributed by atoms with Gasteiger partial charge >= 0.3 is 0 Å². The van der Waals surface area contributed by atoms with Gasteiger partial charge in [0, 0.05) is 37.4 Å². The van der Waals surface area contributed by atoms with Crippen LogP contribution in [0.15, 0.2) is 30.3 Å². The molecule has 1 saturated heterocycles. The summed E-state index contributed by atoms with van der Waals surface area (Å²) in [5.74, 6) is 3.61. The van der Waals surface area contributed by atoms with Crippen molar-refractivity contribution in [3.05, 3.63) is 41.9 Å². The van der Waals surface area contributed by atoms with E-state index in [1.165, 1.54) is 0 Å². The van der Waals surface area contributed by atoms with Gasteiger partial charge in [0.15, 0.2) is 11.5 Å². The highest BCUT2D eigenvalue weighted by Gasteiger charge is 2.24. The Morgan fingerprint density at radius 2 is 1.93 bits per heavy atom. The van der Waals surface area contributed by atoms with Crippen molar-refractivity contribution in [1.29, 1.82) is 0 Å². The molecule has 0 saturated carbocycles. The molecule has 144 valence electrons. The molecular formula is C21H28N4O2. The number of ether oxygens (including phenoxy) is 2. The maximum absolute atomic E-state index is 6.04. The molecule has 1 aromatic carbocycles. The summed E-state index contributed by atoms with van der Waals surface area (Å²) in [6.07, 6.45) is 3.22. The van der Waals surface area contributed by atoms with Crippen molar-refractivity contribution in [3.8, 4) is 11.5 Å². The summed E-state index contributed by atoms with van der Waals surface area (Å²) in [6.45, 7) is 7.55. The molecule has 1 unspecified atom stereocenters. The molecule has 0 bridgehead atoms. The minimum atomic E-state index is 0.0644. The van der Waals surface area contributed by atoms with Gasteiger partial charge in [0.05, 0.1) is 0 Å². The monoisotopic (exact) mass is 368 g/mol. The first kappa shape index (κ1) is 18.0. The molecule has 6 heteroatoms. The topological polar surface area (TPSA) is 59.5 Å². The lowest BCUT2D eigenvalue weighted by atomic mass is 10.0. The molecule has 27 heavy (non-hydrogen) atoms. The molecule has 2 aliphatic rings. The van der Waals surface area contributed by atoms with E-state index in [0.29, 0.717) is 12.6 Å². The van der Waals surface area contributed by atoms with Crippen molar-refractivity contribution in [1.82, 2.24) is 15.3 Å². The van der Waals surface area contributed by atoms with Crippen molar-refractivity contribution in [2.45, 2.75) is 45.3 Å². The van der Waals surface area contributed by atoms with Crippen molar-refractivity contribution in [3.63, 3.8) is 0 Å². The lowest BCUT2D eigenvalue weighted by molar-refractivity contribution is 0.0873. The van der Waals surface area contributed by atoms with Gasteiger partial charge in [-0.15, -0.1) is 0 Å². The lowest BCUT2D eigenvalue weighted by Gasteiger charge is -2.34. The fraction of sp³-hybridized carbons (Fsp3) is 0.524. The second kappa shape index (κ2) is 8.13. The fourth-order valence-electron chi connectivity index (χ4n) is 3.73. The zero-order valence-electron chi connectivity index (χ0n) is 16.1. The second-order valence-electron chi connectivity index (χ2n) is 7.29. The maximum atomic E-state index is 6.04. The van der Waals surface area contributed by atoms with Gasteiger partial charge in [-0.1, -0.05) is 19.1 Å². The number of piperidine rings is 1. The zero-order valence-corrected chi connectivity index (χ0v) is 16.1. The van der Waals surface area contributed by atoms with Crippen LogP contribution in [0.2, 0.25) is 0 Å². The highest BCUT2D eigenvalue weighted by Crippen LogP contribution is 2.30. The largest absolute Gasteiger partial charge is 0.486 e. The quantitative estimate of drug-likeness (QED) is 0.876. The van der Waals surface area contributed by atoms with Crippen LogP contribution in [0.5, 0.6) is 11.5 Å². The first-order valence-electron chi connectivity index (χ1n) is 9.92. The Morgan fingerprint density at radius 3 is 2.70 bits per heavy atom. The Bertz CT molecular complexity index is 775. The number of nitrogens with zero attached hydrogens (tertiary/aromatic N) is 3. The third-order valence-corrected chi connectivity index (χ3v) is 5.26. The van der Waals surface area contributed by atoms with Crippen molar-refractivity contribution >= 4 is 5.82 Å². The van der Waals surface area contributed by atoms with E-state index in [4.69, 9.17) is 9.47 Å². The summed E-state index contributed by atoms with van der Waals surface area (Å²) >= 11 is 0. The normalized spacial score (nSPS) is 19.9. The van der Waals surface area contributed by atoms with Crippen LogP contribution in [-0.2, 0) is 6.42 Å². The van der Waals surface area contributed by atoms with Crippen molar-refractivity contribution in [2.24, 2.45) is 0 Å². The van der Waals surface area contributed by atoms with Crippen LogP contribution in [0.1, 0.15) is 31.3 Å². The number of aryl methyl sites for hydroxylation is 2. The first-order valence-corrected chi connectivity index (χ1v) is 9.92. The van der Waals surface area contributed by atoms with Gasteiger partial charge in [-0.25, -0.2) is 9.97 Å². The molecule has 2 aliphatic heterocycles. The van der Waals surface area contributed by atoms with Crippen LogP contribution in [0, 0.1) is 6.92 Å². The molecule has 6 nitrogen and oxygen atoms in total. The van der Waals surface area contributed by atoms with E-state index >= 15 is 0 Å². The highest BCUT2D eigenvalue weighted by atomic mass is 16.6. The number of anilines is 1. The van der Waals surface area contributed by atoms with E-state index in [1.54, 1.807) is 0 Å². The average Bonchev–Trinajstić information content (AvgIpc) is 2.72. The van der Waals surface area contributed by atoms with Gasteiger partial charge in [-0.2, -0.15) is 0 Å². The van der Waals surface area contributed by atoms with E-state index in [-0.39, 0.29) is 6.10 Å². The fourth-order valence-corrected chi connectivity index (χ4v) is 3.73. The van der Waals surface area contributed by atoms with Gasteiger partial charge < -0.3 is 19.7 Å². The van der Waals surface area contributed by atoms with Crippen molar-refractivity contribution in [2.75, 3.05) is 31.1 Å². The number of benzene rings is 1. The summed E-state index contributed by atoms with van der Waals surface area (Å²) in [7, 11) is 0. The predicted molar refractivity (Wildman–Crippen MR) is 106 cm³/mol. The number of nitrogens with one attached hydrogen (secondary N) is 1. The summed E-state index contributed by atoms with van der Waals surface area (Å²) < 4.78 is 11.8. The summed E-state index contributed by atoms with van der Waals surface area (Å²) in [6, 6.07) is 10.5. The predicted octanol–water partition coefficient (Wildman–Crippen LogP) is 2.75. The Hall–Kier alpha value is -2.34. The van der Waals surface area contributed by atoms with Crippen LogP contribution < -0.4 is 19.7 Å². The average molecular weight is 368 g/mol. The third-order valence-electron chi connectivity index (χ3n) is 5.26. The van der Waals surface area contributed by atoms with E-state index < -0.39 is 0 Å². The molecule has 0 amide bonds. The lowest BCUT2D eigenvalue weighted by Crippen LogP contribution is -2.47. The summed E-state index contributed by atoms with van der Waals surface area (Å²) in [4.78, 5) is 11.5. The molecule has 3 heterocycles. The number of fused-ring (bicyclic) bond motifs is 1. The Kier molecular flexibility index (Phi) is 5.43. The minimum absolute atomic E-state index is 0.0644. The zero-order chi connectivity index (χ0) is 18.6. The van der Waals surface area contributed by atoms with Gasteiger partial charge in [-0.05, 0) is 38.3 Å². The van der Waals surface area contributed by atoms with Crippen LogP contribution in [0.3, 0.4) is 0 Å². The second-order valence-corrected chi connectivity index (χ2v) is 7.29. The molecule has 1 atom stereocenters. The van der Waals surface area contributed by atoms with Gasteiger partial charge in [0.25, 0.3) is 0 Å². The van der Waals surface area contributed by atoms with Gasteiger partial charge in [0.2, 0.25) is 0 Å². The van der Waals surface area contributed by atoms with Gasteiger partial charge in [0.1, 0.15) is 24.4 Å². The highest BCUT2D eigenvalue weighted by molar-refractivity contribution is 5.41. The van der Waals surface area contributed by atoms with E-state index in [1.807, 2.05) is 31.2 Å². The van der Waals surface area contributed by atoms with Crippen LogP contribution in [0.4, 0.5) is 5.82 Å². The van der Waals surface area contributed by atoms with E-state index in [9.17, 15) is 0 Å². The minimum Gasteiger partial charge on any atom is -0.486 e. The van der Waals surface area contributed by atoms with Gasteiger partial charge in [-0.3, -0.25) is 0 Å². The number of hydrogen-bond donors (Lipinski definition) is 1. The SMILES string of the molecule is CCc1cc(N2CCC(NCC3COc4ccccc4O3)CC2)nc(C)n1. The number of hydrogen-bond acceptors (Lipinski definition) is 6. The van der Waals surface area contributed by atoms with E-state index in [2.05, 4.69) is 33.2 Å². The Morgan fingerprint density at radius 1 is 1.15 bits per heavy atom. The van der Waals surface area contributed by atoms with Crippen LogP contribution >= 0.6 is 0 Å². The Labute approximate surface area is 160 Å². The first-order chi connectivity index (χ1) is 13.2. The number of para-hydroxylation sites is 2. The Balaban J connectivity index is 1.26. The number of aromatic nitrogens is 2. The third kappa shape index (κ3) is 4.33. The van der Waals surface area contributed by atoms with Crippen LogP contribution in [0.25, 0.3) is 0 Å². The molecule has 1 aromatic heterocycles. The van der Waals surface area contributed by atoms with E-state index in [0.717, 1.165) is 67.7 Å². The van der Waals surface area contributed by atoms with Crippen LogP contribution in [-0.4, -0.2) is 48.4 Å². The molecule has 1 N–H and O–H groups in total. The van der Waals surface area contributed by atoms with Crippen molar-refractivity contribution < 1.29 is 9.47 Å². The molecule has 0 aliphatic carbocycles. The maximum Gasteiger partial charge on any atom is 0.161 e. The molecular weight excluding hydrogens is 340 g/mol. The summed E-state index contributed by atoms with van der Waals surface area (Å²) in [5, 5.41) is 3.66.